The number of hydrogen-bond donors (Lipinski definition) is 0. The first-order valence-electron chi connectivity index (χ1n) is 7.60. The highest BCUT2D eigenvalue weighted by atomic mass is 19.1. The number of carbonyl (C=O) groups excluding carboxylic acids is 1. The van der Waals surface area contributed by atoms with Crippen LogP contribution in [-0.2, 0) is 6.54 Å². The van der Waals surface area contributed by atoms with Gasteiger partial charge >= 0.3 is 0 Å². The van der Waals surface area contributed by atoms with Crippen molar-refractivity contribution in [3.8, 4) is 5.75 Å². The van der Waals surface area contributed by atoms with Gasteiger partial charge in [0.2, 0.25) is 0 Å². The van der Waals surface area contributed by atoms with Crippen LogP contribution in [0.15, 0.2) is 42.7 Å². The minimum Gasteiger partial charge on any atom is -0.493 e. The van der Waals surface area contributed by atoms with Crippen molar-refractivity contribution in [2.75, 3.05) is 7.11 Å². The molecule has 1 aromatic carbocycles. The highest BCUT2D eigenvalue weighted by Gasteiger charge is 2.25. The minimum absolute atomic E-state index is 0.00989. The number of hydrogen-bond acceptors (Lipinski definition) is 3. The van der Waals surface area contributed by atoms with E-state index in [0.29, 0.717) is 6.54 Å². The lowest BCUT2D eigenvalue weighted by molar-refractivity contribution is 0.0667. The van der Waals surface area contributed by atoms with Crippen molar-refractivity contribution in [1.82, 2.24) is 9.88 Å². The number of aromatic nitrogens is 1. The van der Waals surface area contributed by atoms with Gasteiger partial charge in [-0.15, -0.1) is 0 Å². The molecule has 122 valence electrons. The number of pyridine rings is 1. The van der Waals surface area contributed by atoms with Crippen LogP contribution in [0.5, 0.6) is 5.75 Å². The molecule has 1 heterocycles. The third kappa shape index (κ3) is 3.86. The summed E-state index contributed by atoms with van der Waals surface area (Å²) in [6.45, 7) is 4.40. The van der Waals surface area contributed by atoms with Gasteiger partial charge in [0.25, 0.3) is 5.91 Å². The van der Waals surface area contributed by atoms with Crippen LogP contribution in [0, 0.1) is 5.82 Å². The number of carbonyl (C=O) groups is 1. The van der Waals surface area contributed by atoms with Gasteiger partial charge < -0.3 is 9.64 Å². The fourth-order valence-corrected chi connectivity index (χ4v) is 2.38. The molecule has 0 bridgehead atoms. The zero-order valence-electron chi connectivity index (χ0n) is 13.6. The molecule has 23 heavy (non-hydrogen) atoms. The van der Waals surface area contributed by atoms with Crippen molar-refractivity contribution in [3.63, 3.8) is 0 Å². The van der Waals surface area contributed by atoms with E-state index in [-0.39, 0.29) is 23.3 Å². The van der Waals surface area contributed by atoms with E-state index in [1.54, 1.807) is 23.4 Å². The Morgan fingerprint density at radius 3 is 2.74 bits per heavy atom. The highest BCUT2D eigenvalue weighted by Crippen LogP contribution is 2.25. The summed E-state index contributed by atoms with van der Waals surface area (Å²) in [5.41, 5.74) is 1.16. The summed E-state index contributed by atoms with van der Waals surface area (Å²) in [5.74, 6) is -0.805. The fourth-order valence-electron chi connectivity index (χ4n) is 2.38. The molecular weight excluding hydrogens is 295 g/mol. The second-order valence-electron chi connectivity index (χ2n) is 5.37. The maximum atomic E-state index is 13.9. The van der Waals surface area contributed by atoms with Crippen molar-refractivity contribution < 1.29 is 13.9 Å². The molecule has 4 nitrogen and oxygen atoms in total. The van der Waals surface area contributed by atoms with Crippen LogP contribution in [0.25, 0.3) is 0 Å². The van der Waals surface area contributed by atoms with Crippen molar-refractivity contribution >= 4 is 5.91 Å². The molecule has 0 saturated carbocycles. The molecule has 0 aliphatic heterocycles. The van der Waals surface area contributed by atoms with Crippen molar-refractivity contribution in [1.29, 1.82) is 0 Å². The Bertz CT molecular complexity index is 661. The molecule has 2 aromatic rings. The number of methoxy groups -OCH3 is 1. The summed E-state index contributed by atoms with van der Waals surface area (Å²) in [5, 5.41) is 0. The zero-order valence-corrected chi connectivity index (χ0v) is 13.6. The summed E-state index contributed by atoms with van der Waals surface area (Å²) in [4.78, 5) is 18.7. The molecule has 1 aromatic heterocycles. The van der Waals surface area contributed by atoms with E-state index in [9.17, 15) is 9.18 Å². The van der Waals surface area contributed by atoms with E-state index in [2.05, 4.69) is 4.98 Å². The molecular formula is C18H21FN2O2. The average molecular weight is 316 g/mol. The van der Waals surface area contributed by atoms with E-state index < -0.39 is 5.82 Å². The van der Waals surface area contributed by atoms with Gasteiger partial charge in [0.05, 0.1) is 12.7 Å². The van der Waals surface area contributed by atoms with Gasteiger partial charge in [-0.2, -0.15) is 0 Å². The van der Waals surface area contributed by atoms with Crippen LogP contribution in [0.1, 0.15) is 36.2 Å². The molecule has 2 rings (SSSR count). The Labute approximate surface area is 135 Å². The predicted octanol–water partition coefficient (Wildman–Crippen LogP) is 3.67. The van der Waals surface area contributed by atoms with Gasteiger partial charge in [-0.3, -0.25) is 9.78 Å². The molecule has 1 amide bonds. The summed E-state index contributed by atoms with van der Waals surface area (Å²) in [7, 11) is 1.36. The molecule has 1 atom stereocenters. The monoisotopic (exact) mass is 316 g/mol. The van der Waals surface area contributed by atoms with Crippen LogP contribution in [0.3, 0.4) is 0 Å². The largest absolute Gasteiger partial charge is 0.493 e. The first-order valence-corrected chi connectivity index (χ1v) is 7.60. The Morgan fingerprint density at radius 1 is 1.35 bits per heavy atom. The lowest BCUT2D eigenvalue weighted by Gasteiger charge is -2.29. The Balaban J connectivity index is 2.36. The molecule has 0 fully saturated rings. The smallest absolute Gasteiger partial charge is 0.258 e. The second kappa shape index (κ2) is 7.72. The van der Waals surface area contributed by atoms with E-state index in [4.69, 9.17) is 4.74 Å². The molecule has 0 radical (unpaired) electrons. The third-order valence-electron chi connectivity index (χ3n) is 3.86. The van der Waals surface area contributed by atoms with Crippen LogP contribution in [0.2, 0.25) is 0 Å². The first kappa shape index (κ1) is 16.9. The van der Waals surface area contributed by atoms with E-state index >= 15 is 0 Å². The number of nitrogens with zero attached hydrogens (tertiary/aromatic N) is 2. The maximum Gasteiger partial charge on any atom is 0.258 e. The molecule has 0 spiro atoms. The van der Waals surface area contributed by atoms with Gasteiger partial charge in [0, 0.05) is 25.0 Å². The number of halogens is 1. The highest BCUT2D eigenvalue weighted by molar-refractivity contribution is 5.97. The van der Waals surface area contributed by atoms with Crippen LogP contribution >= 0.6 is 0 Å². The number of amides is 1. The van der Waals surface area contributed by atoms with Gasteiger partial charge in [0.1, 0.15) is 0 Å². The number of ether oxygens (including phenoxy) is 1. The molecule has 5 heteroatoms. The Morgan fingerprint density at radius 2 is 2.13 bits per heavy atom. The second-order valence-corrected chi connectivity index (χ2v) is 5.37. The van der Waals surface area contributed by atoms with Gasteiger partial charge in [-0.1, -0.05) is 19.1 Å². The lowest BCUT2D eigenvalue weighted by Crippen LogP contribution is -2.38. The number of rotatable bonds is 6. The van der Waals surface area contributed by atoms with Crippen LogP contribution < -0.4 is 4.74 Å². The standard InChI is InChI=1S/C18H21FN2O2/c1-4-13(2)21(12-14-7-6-10-20-11-14)18(22)15-8-5-9-16(19)17(15)23-3/h5-11,13H,4,12H2,1-3H3. The summed E-state index contributed by atoms with van der Waals surface area (Å²) in [6.07, 6.45) is 4.21. The normalized spacial score (nSPS) is 11.8. The molecule has 0 saturated heterocycles. The lowest BCUT2D eigenvalue weighted by atomic mass is 10.1. The third-order valence-corrected chi connectivity index (χ3v) is 3.86. The summed E-state index contributed by atoms with van der Waals surface area (Å²) in [6, 6.07) is 8.14. The van der Waals surface area contributed by atoms with Crippen LogP contribution in [-0.4, -0.2) is 28.9 Å². The van der Waals surface area contributed by atoms with Gasteiger partial charge in [-0.25, -0.2) is 4.39 Å². The first-order chi connectivity index (χ1) is 11.1. The van der Waals surface area contributed by atoms with E-state index in [1.807, 2.05) is 26.0 Å². The average Bonchev–Trinajstić information content (AvgIpc) is 2.59. The van der Waals surface area contributed by atoms with E-state index in [0.717, 1.165) is 12.0 Å². The number of para-hydroxylation sites is 1. The molecule has 0 aliphatic carbocycles. The molecule has 1 unspecified atom stereocenters. The predicted molar refractivity (Wildman–Crippen MR) is 86.8 cm³/mol. The van der Waals surface area contributed by atoms with Crippen molar-refractivity contribution in [2.45, 2.75) is 32.9 Å². The van der Waals surface area contributed by atoms with Crippen molar-refractivity contribution in [3.05, 3.63) is 59.7 Å². The minimum atomic E-state index is -0.538. The van der Waals surface area contributed by atoms with E-state index in [1.165, 1.54) is 19.2 Å². The van der Waals surface area contributed by atoms with Gasteiger partial charge in [0.15, 0.2) is 11.6 Å². The SMILES string of the molecule is CCC(C)N(Cc1cccnc1)C(=O)c1cccc(F)c1OC. The summed E-state index contributed by atoms with van der Waals surface area (Å²) >= 11 is 0. The fraction of sp³-hybridized carbons (Fsp3) is 0.333. The van der Waals surface area contributed by atoms with Crippen molar-refractivity contribution in [2.24, 2.45) is 0 Å². The molecule has 0 aliphatic rings. The summed E-state index contributed by atoms with van der Waals surface area (Å²) < 4.78 is 19.0. The number of benzene rings is 1. The van der Waals surface area contributed by atoms with Crippen LogP contribution in [0.4, 0.5) is 4.39 Å². The quantitative estimate of drug-likeness (QED) is 0.816. The topological polar surface area (TPSA) is 42.4 Å². The Hall–Kier alpha value is -2.43. The zero-order chi connectivity index (χ0) is 16.8. The molecule has 0 N–H and O–H groups in total. The van der Waals surface area contributed by atoms with Gasteiger partial charge in [-0.05, 0) is 37.1 Å². The Kier molecular flexibility index (Phi) is 5.68. The maximum absolute atomic E-state index is 13.9.